The quantitative estimate of drug-likeness (QED) is 0.525. The average molecular weight is 395 g/mol. The van der Waals surface area contributed by atoms with Crippen molar-refractivity contribution in [3.63, 3.8) is 0 Å². The van der Waals surface area contributed by atoms with Crippen LogP contribution in [0, 0.1) is 6.92 Å². The summed E-state index contributed by atoms with van der Waals surface area (Å²) in [5.74, 6) is 2.41. The number of fused-ring (bicyclic) bond motifs is 1. The molecule has 0 bridgehead atoms. The van der Waals surface area contributed by atoms with Gasteiger partial charge in [-0.25, -0.2) is 4.98 Å². The van der Waals surface area contributed by atoms with E-state index in [-0.39, 0.29) is 0 Å². The molecule has 1 aromatic heterocycles. The van der Waals surface area contributed by atoms with Crippen LogP contribution in [0.1, 0.15) is 37.6 Å². The summed E-state index contributed by atoms with van der Waals surface area (Å²) < 4.78 is 17.5. The van der Waals surface area contributed by atoms with Gasteiger partial charge in [0.2, 0.25) is 5.89 Å². The Balaban J connectivity index is 1.61. The van der Waals surface area contributed by atoms with Crippen molar-refractivity contribution >= 4 is 10.8 Å². The fraction of sp³-hybridized carbons (Fsp3) is 0.458. The molecule has 29 heavy (non-hydrogen) atoms. The summed E-state index contributed by atoms with van der Waals surface area (Å²) in [6.45, 7) is 7.90. The second-order valence-electron chi connectivity index (χ2n) is 7.75. The van der Waals surface area contributed by atoms with Gasteiger partial charge in [0.25, 0.3) is 0 Å². The molecule has 1 aliphatic rings. The lowest BCUT2D eigenvalue weighted by Crippen LogP contribution is -2.32. The van der Waals surface area contributed by atoms with Gasteiger partial charge in [-0.2, -0.15) is 0 Å². The Morgan fingerprint density at radius 1 is 1.17 bits per heavy atom. The van der Waals surface area contributed by atoms with Gasteiger partial charge in [-0.3, -0.25) is 4.90 Å². The minimum Gasteiger partial charge on any atom is -0.496 e. The van der Waals surface area contributed by atoms with Crippen molar-refractivity contribution in [2.24, 2.45) is 0 Å². The second-order valence-corrected chi connectivity index (χ2v) is 7.75. The minimum absolute atomic E-state index is 0.346. The van der Waals surface area contributed by atoms with Gasteiger partial charge in [0.05, 0.1) is 18.9 Å². The van der Waals surface area contributed by atoms with E-state index in [1.165, 1.54) is 6.42 Å². The molecule has 0 aliphatic carbocycles. The van der Waals surface area contributed by atoms with Gasteiger partial charge in [0, 0.05) is 30.6 Å². The molecule has 0 N–H and O–H groups in total. The highest BCUT2D eigenvalue weighted by molar-refractivity contribution is 5.98. The second kappa shape index (κ2) is 8.97. The van der Waals surface area contributed by atoms with Crippen LogP contribution in [0.15, 0.2) is 40.8 Å². The highest BCUT2D eigenvalue weighted by Crippen LogP contribution is 2.34. The lowest BCUT2D eigenvalue weighted by molar-refractivity contribution is 0.0701. The van der Waals surface area contributed by atoms with E-state index in [9.17, 15) is 0 Å². The first-order valence-electron chi connectivity index (χ1n) is 10.6. The zero-order valence-electron chi connectivity index (χ0n) is 17.6. The number of aryl methyl sites for hydroxylation is 1. The van der Waals surface area contributed by atoms with Gasteiger partial charge in [-0.1, -0.05) is 31.2 Å². The summed E-state index contributed by atoms with van der Waals surface area (Å²) in [7, 11) is 1.70. The van der Waals surface area contributed by atoms with Gasteiger partial charge in [0.15, 0.2) is 0 Å². The molecule has 4 rings (SSSR count). The lowest BCUT2D eigenvalue weighted by atomic mass is 10.0. The maximum absolute atomic E-state index is 6.12. The van der Waals surface area contributed by atoms with E-state index in [1.807, 2.05) is 31.2 Å². The number of ether oxygens (including phenoxy) is 2. The summed E-state index contributed by atoms with van der Waals surface area (Å²) in [6, 6.07) is 12.2. The van der Waals surface area contributed by atoms with Crippen LogP contribution in [0.25, 0.3) is 22.2 Å². The Hall–Kier alpha value is -2.37. The zero-order chi connectivity index (χ0) is 20.2. The zero-order valence-corrected chi connectivity index (χ0v) is 17.6. The van der Waals surface area contributed by atoms with Crippen LogP contribution in [0.2, 0.25) is 0 Å². The summed E-state index contributed by atoms with van der Waals surface area (Å²) >= 11 is 0. The molecule has 0 radical (unpaired) electrons. The van der Waals surface area contributed by atoms with E-state index >= 15 is 0 Å². The molecule has 0 spiro atoms. The smallest absolute Gasteiger partial charge is 0.227 e. The van der Waals surface area contributed by atoms with Crippen LogP contribution in [-0.2, 0) is 11.3 Å². The van der Waals surface area contributed by atoms with E-state index in [1.54, 1.807) is 7.11 Å². The van der Waals surface area contributed by atoms with Crippen LogP contribution in [0.4, 0.5) is 0 Å². The molecule has 2 heterocycles. The van der Waals surface area contributed by atoms with E-state index in [4.69, 9.17) is 18.9 Å². The fourth-order valence-corrected chi connectivity index (χ4v) is 4.17. The number of methoxy groups -OCH3 is 1. The van der Waals surface area contributed by atoms with Gasteiger partial charge < -0.3 is 13.9 Å². The third-order valence-corrected chi connectivity index (χ3v) is 5.63. The van der Waals surface area contributed by atoms with Crippen LogP contribution < -0.4 is 4.74 Å². The first kappa shape index (κ1) is 19.9. The molecule has 0 amide bonds. The van der Waals surface area contributed by atoms with Gasteiger partial charge in [-0.05, 0) is 50.2 Å². The molecule has 1 fully saturated rings. The number of hydrogen-bond acceptors (Lipinski definition) is 5. The predicted molar refractivity (Wildman–Crippen MR) is 115 cm³/mol. The molecule has 2 aromatic carbocycles. The molecule has 5 heteroatoms. The van der Waals surface area contributed by atoms with Gasteiger partial charge in [0.1, 0.15) is 11.5 Å². The highest BCUT2D eigenvalue weighted by Gasteiger charge is 2.22. The van der Waals surface area contributed by atoms with Crippen molar-refractivity contribution < 1.29 is 13.9 Å². The average Bonchev–Trinajstić information content (AvgIpc) is 3.37. The molecule has 1 aliphatic heterocycles. The summed E-state index contributed by atoms with van der Waals surface area (Å²) in [6.07, 6.45) is 3.78. The normalized spacial score (nSPS) is 16.8. The van der Waals surface area contributed by atoms with Crippen LogP contribution in [0.5, 0.6) is 5.75 Å². The Morgan fingerprint density at radius 3 is 2.72 bits per heavy atom. The monoisotopic (exact) mass is 394 g/mol. The molecule has 1 unspecified atom stereocenters. The Kier molecular flexibility index (Phi) is 6.16. The molecule has 154 valence electrons. The van der Waals surface area contributed by atoms with Crippen molar-refractivity contribution in [3.05, 3.63) is 47.9 Å². The largest absolute Gasteiger partial charge is 0.496 e. The van der Waals surface area contributed by atoms with Crippen molar-refractivity contribution in [1.82, 2.24) is 9.88 Å². The maximum Gasteiger partial charge on any atom is 0.227 e. The van der Waals surface area contributed by atoms with Gasteiger partial charge in [-0.15, -0.1) is 0 Å². The third-order valence-electron chi connectivity index (χ3n) is 5.63. The van der Waals surface area contributed by atoms with Crippen LogP contribution in [-0.4, -0.2) is 42.8 Å². The number of rotatable bonds is 8. The van der Waals surface area contributed by atoms with E-state index in [2.05, 4.69) is 24.0 Å². The van der Waals surface area contributed by atoms with E-state index in [0.29, 0.717) is 12.0 Å². The summed E-state index contributed by atoms with van der Waals surface area (Å²) in [5, 5.41) is 2.15. The molecule has 0 saturated carbocycles. The summed E-state index contributed by atoms with van der Waals surface area (Å²) in [4.78, 5) is 7.33. The number of aromatic nitrogens is 1. The van der Waals surface area contributed by atoms with Crippen LogP contribution in [0.3, 0.4) is 0 Å². The predicted octanol–water partition coefficient (Wildman–Crippen LogP) is 5.20. The van der Waals surface area contributed by atoms with E-state index < -0.39 is 0 Å². The standard InChI is InChI=1S/C24H30N2O3/c1-4-13-26(15-18-8-7-14-28-18)16-22-17(2)29-24(25-22)21-11-12-23(27-3)20-10-6-5-9-19(20)21/h5-6,9-12,18H,4,7-8,13-16H2,1-3H3. The van der Waals surface area contributed by atoms with Crippen molar-refractivity contribution in [1.29, 1.82) is 0 Å². The molecule has 1 saturated heterocycles. The van der Waals surface area contributed by atoms with Gasteiger partial charge >= 0.3 is 0 Å². The summed E-state index contributed by atoms with van der Waals surface area (Å²) in [5.41, 5.74) is 2.00. The Morgan fingerprint density at radius 2 is 2.00 bits per heavy atom. The van der Waals surface area contributed by atoms with Crippen molar-refractivity contribution in [3.8, 4) is 17.2 Å². The van der Waals surface area contributed by atoms with Crippen molar-refractivity contribution in [2.75, 3.05) is 26.8 Å². The Bertz CT molecular complexity index is 960. The number of nitrogens with zero attached hydrogens (tertiary/aromatic N) is 2. The lowest BCUT2D eigenvalue weighted by Gasteiger charge is -2.23. The first-order chi connectivity index (χ1) is 14.2. The van der Waals surface area contributed by atoms with Crippen LogP contribution >= 0.6 is 0 Å². The third kappa shape index (κ3) is 4.31. The molecular weight excluding hydrogens is 364 g/mol. The number of benzene rings is 2. The SMILES string of the molecule is CCCN(Cc1nc(-c2ccc(OC)c3ccccc23)oc1C)CC1CCCO1. The van der Waals surface area contributed by atoms with Crippen molar-refractivity contribution in [2.45, 2.75) is 45.8 Å². The molecule has 3 aromatic rings. The minimum atomic E-state index is 0.346. The number of hydrogen-bond donors (Lipinski definition) is 0. The first-order valence-corrected chi connectivity index (χ1v) is 10.6. The fourth-order valence-electron chi connectivity index (χ4n) is 4.17. The molecule has 1 atom stereocenters. The topological polar surface area (TPSA) is 47.7 Å². The molecular formula is C24H30N2O3. The number of oxazole rings is 1. The molecule has 5 nitrogen and oxygen atoms in total. The Labute approximate surface area is 172 Å². The maximum atomic E-state index is 6.12. The highest BCUT2D eigenvalue weighted by atomic mass is 16.5. The van der Waals surface area contributed by atoms with E-state index in [0.717, 1.165) is 72.6 Å².